The average Bonchev–Trinajstić information content (AvgIpc) is 3.16. The van der Waals surface area contributed by atoms with Crippen molar-refractivity contribution in [3.63, 3.8) is 0 Å². The molecule has 0 bridgehead atoms. The number of aryl methyl sites for hydroxylation is 1. The SMILES string of the molecule is Cc1nc2ccc(NC(=O)c3nnn(-c4cccc(Cl)c4)c3C)cc2o1. The van der Waals surface area contributed by atoms with E-state index >= 15 is 0 Å². The molecule has 26 heavy (non-hydrogen) atoms. The highest BCUT2D eigenvalue weighted by molar-refractivity contribution is 6.30. The summed E-state index contributed by atoms with van der Waals surface area (Å²) in [6.07, 6.45) is 0. The van der Waals surface area contributed by atoms with Crippen LogP contribution in [0.15, 0.2) is 46.9 Å². The van der Waals surface area contributed by atoms with E-state index in [-0.39, 0.29) is 11.6 Å². The fourth-order valence-corrected chi connectivity index (χ4v) is 2.88. The molecule has 2 heterocycles. The molecule has 2 aromatic carbocycles. The van der Waals surface area contributed by atoms with E-state index in [1.807, 2.05) is 12.1 Å². The molecule has 7 nitrogen and oxygen atoms in total. The number of oxazole rings is 1. The molecule has 130 valence electrons. The van der Waals surface area contributed by atoms with E-state index in [0.717, 1.165) is 11.2 Å². The zero-order chi connectivity index (χ0) is 18.3. The van der Waals surface area contributed by atoms with Crippen LogP contribution in [0.1, 0.15) is 22.1 Å². The molecule has 8 heteroatoms. The second-order valence-electron chi connectivity index (χ2n) is 5.78. The maximum Gasteiger partial charge on any atom is 0.278 e. The minimum absolute atomic E-state index is 0.235. The van der Waals surface area contributed by atoms with E-state index in [1.54, 1.807) is 48.9 Å². The number of anilines is 1. The molecule has 0 fully saturated rings. The predicted molar refractivity (Wildman–Crippen MR) is 97.8 cm³/mol. The van der Waals surface area contributed by atoms with Crippen molar-refractivity contribution in [3.8, 4) is 5.69 Å². The number of nitrogens with one attached hydrogen (secondary N) is 1. The third-order valence-electron chi connectivity index (χ3n) is 3.92. The van der Waals surface area contributed by atoms with Crippen molar-refractivity contribution in [1.29, 1.82) is 0 Å². The molecule has 0 spiro atoms. The summed E-state index contributed by atoms with van der Waals surface area (Å²) in [4.78, 5) is 16.8. The monoisotopic (exact) mass is 367 g/mol. The molecule has 0 radical (unpaired) electrons. The molecule has 0 aliphatic carbocycles. The van der Waals surface area contributed by atoms with Crippen molar-refractivity contribution in [2.24, 2.45) is 0 Å². The molecular formula is C18H14ClN5O2. The van der Waals surface area contributed by atoms with Crippen LogP contribution in [0.3, 0.4) is 0 Å². The topological polar surface area (TPSA) is 85.8 Å². The smallest absolute Gasteiger partial charge is 0.278 e. The van der Waals surface area contributed by atoms with Gasteiger partial charge in [0.05, 0.1) is 11.4 Å². The van der Waals surface area contributed by atoms with Crippen molar-refractivity contribution in [1.82, 2.24) is 20.0 Å². The zero-order valence-corrected chi connectivity index (χ0v) is 14.8. The second kappa shape index (κ2) is 6.27. The lowest BCUT2D eigenvalue weighted by atomic mass is 10.2. The van der Waals surface area contributed by atoms with E-state index in [4.69, 9.17) is 16.0 Å². The second-order valence-corrected chi connectivity index (χ2v) is 6.22. The molecular weight excluding hydrogens is 354 g/mol. The molecule has 2 aromatic heterocycles. The van der Waals surface area contributed by atoms with Crippen LogP contribution in [-0.4, -0.2) is 25.9 Å². The van der Waals surface area contributed by atoms with Gasteiger partial charge in [0.2, 0.25) is 0 Å². The first-order valence-corrected chi connectivity index (χ1v) is 8.26. The van der Waals surface area contributed by atoms with Gasteiger partial charge in [-0.2, -0.15) is 0 Å². The summed E-state index contributed by atoms with van der Waals surface area (Å²) >= 11 is 6.02. The number of fused-ring (bicyclic) bond motifs is 1. The average molecular weight is 368 g/mol. The number of aromatic nitrogens is 4. The van der Waals surface area contributed by atoms with E-state index in [1.165, 1.54) is 0 Å². The number of carbonyl (C=O) groups is 1. The van der Waals surface area contributed by atoms with E-state index in [2.05, 4.69) is 20.6 Å². The van der Waals surface area contributed by atoms with Gasteiger partial charge in [-0.1, -0.05) is 22.9 Å². The number of benzene rings is 2. The van der Waals surface area contributed by atoms with Gasteiger partial charge in [0.15, 0.2) is 17.2 Å². The van der Waals surface area contributed by atoms with Gasteiger partial charge in [0.25, 0.3) is 5.91 Å². The summed E-state index contributed by atoms with van der Waals surface area (Å²) in [7, 11) is 0. The minimum atomic E-state index is -0.355. The molecule has 0 saturated carbocycles. The zero-order valence-electron chi connectivity index (χ0n) is 14.0. The summed E-state index contributed by atoms with van der Waals surface area (Å²) < 4.78 is 7.06. The minimum Gasteiger partial charge on any atom is -0.441 e. The summed E-state index contributed by atoms with van der Waals surface area (Å²) in [5.74, 6) is 0.218. The first kappa shape index (κ1) is 16.3. The standard InChI is InChI=1S/C18H14ClN5O2/c1-10-17(22-23-24(10)14-5-3-4-12(19)8-14)18(25)21-13-6-7-15-16(9-13)26-11(2)20-15/h3-9H,1-2H3,(H,21,25). The van der Waals surface area contributed by atoms with Gasteiger partial charge in [-0.15, -0.1) is 5.10 Å². The van der Waals surface area contributed by atoms with Crippen LogP contribution in [0.5, 0.6) is 0 Å². The van der Waals surface area contributed by atoms with Crippen LogP contribution in [0.25, 0.3) is 16.8 Å². The first-order valence-electron chi connectivity index (χ1n) is 7.88. The number of carbonyl (C=O) groups excluding carboxylic acids is 1. The van der Waals surface area contributed by atoms with Crippen LogP contribution >= 0.6 is 11.6 Å². The molecule has 1 N–H and O–H groups in total. The van der Waals surface area contributed by atoms with Crippen LogP contribution in [0.2, 0.25) is 5.02 Å². The summed E-state index contributed by atoms with van der Waals surface area (Å²) in [6.45, 7) is 3.55. The highest BCUT2D eigenvalue weighted by Gasteiger charge is 2.18. The fourth-order valence-electron chi connectivity index (χ4n) is 2.70. The lowest BCUT2D eigenvalue weighted by Gasteiger charge is -2.05. The Morgan fingerprint density at radius 3 is 2.85 bits per heavy atom. The highest BCUT2D eigenvalue weighted by Crippen LogP contribution is 2.21. The Morgan fingerprint density at radius 1 is 1.19 bits per heavy atom. The summed E-state index contributed by atoms with van der Waals surface area (Å²) in [6, 6.07) is 12.5. The maximum absolute atomic E-state index is 12.6. The van der Waals surface area contributed by atoms with E-state index in [0.29, 0.717) is 27.9 Å². The third-order valence-corrected chi connectivity index (χ3v) is 4.15. The quantitative estimate of drug-likeness (QED) is 0.593. The van der Waals surface area contributed by atoms with Crippen molar-refractivity contribution in [3.05, 3.63) is 64.8 Å². The van der Waals surface area contributed by atoms with Gasteiger partial charge in [-0.05, 0) is 37.3 Å². The summed E-state index contributed by atoms with van der Waals surface area (Å²) in [5, 5.41) is 11.5. The number of hydrogen-bond donors (Lipinski definition) is 1. The van der Waals surface area contributed by atoms with Crippen molar-refractivity contribution in [2.45, 2.75) is 13.8 Å². The van der Waals surface area contributed by atoms with Crippen molar-refractivity contribution >= 4 is 34.3 Å². The Morgan fingerprint density at radius 2 is 2.04 bits per heavy atom. The Labute approximate surface area is 153 Å². The van der Waals surface area contributed by atoms with Gasteiger partial charge in [-0.25, -0.2) is 9.67 Å². The predicted octanol–water partition coefficient (Wildman–Crippen LogP) is 3.93. The largest absolute Gasteiger partial charge is 0.441 e. The molecule has 0 aliphatic heterocycles. The normalized spacial score (nSPS) is 11.0. The van der Waals surface area contributed by atoms with Crippen LogP contribution < -0.4 is 5.32 Å². The Balaban J connectivity index is 1.61. The maximum atomic E-state index is 12.6. The van der Waals surface area contributed by atoms with Crippen LogP contribution in [0, 0.1) is 13.8 Å². The lowest BCUT2D eigenvalue weighted by molar-refractivity contribution is 0.102. The highest BCUT2D eigenvalue weighted by atomic mass is 35.5. The molecule has 1 amide bonds. The number of nitrogens with zero attached hydrogens (tertiary/aromatic N) is 4. The fraction of sp³-hybridized carbons (Fsp3) is 0.111. The summed E-state index contributed by atoms with van der Waals surface area (Å²) in [5.41, 5.74) is 3.53. The number of rotatable bonds is 3. The Kier molecular flexibility index (Phi) is 3.93. The van der Waals surface area contributed by atoms with Gasteiger partial charge in [-0.3, -0.25) is 4.79 Å². The van der Waals surface area contributed by atoms with Crippen LogP contribution in [-0.2, 0) is 0 Å². The van der Waals surface area contributed by atoms with E-state index in [9.17, 15) is 4.79 Å². The number of amides is 1. The van der Waals surface area contributed by atoms with Crippen molar-refractivity contribution < 1.29 is 9.21 Å². The molecule has 4 aromatic rings. The lowest BCUT2D eigenvalue weighted by Crippen LogP contribution is -2.14. The Bertz CT molecular complexity index is 1130. The molecule has 0 aliphatic rings. The van der Waals surface area contributed by atoms with Gasteiger partial charge in [0.1, 0.15) is 5.52 Å². The number of hydrogen-bond acceptors (Lipinski definition) is 5. The molecule has 0 saturated heterocycles. The Hall–Kier alpha value is -3.19. The number of halogens is 1. The molecule has 0 unspecified atom stereocenters. The van der Waals surface area contributed by atoms with E-state index < -0.39 is 0 Å². The van der Waals surface area contributed by atoms with Crippen molar-refractivity contribution in [2.75, 3.05) is 5.32 Å². The first-order chi connectivity index (χ1) is 12.5. The molecule has 4 rings (SSSR count). The molecule has 0 atom stereocenters. The van der Waals surface area contributed by atoms with Crippen LogP contribution in [0.4, 0.5) is 5.69 Å². The van der Waals surface area contributed by atoms with Gasteiger partial charge < -0.3 is 9.73 Å². The third kappa shape index (κ3) is 2.93. The van der Waals surface area contributed by atoms with Gasteiger partial charge in [0, 0.05) is 23.7 Å². The van der Waals surface area contributed by atoms with Gasteiger partial charge >= 0.3 is 0 Å².